The van der Waals surface area contributed by atoms with Crippen LogP contribution in [0.2, 0.25) is 0 Å². The predicted octanol–water partition coefficient (Wildman–Crippen LogP) is 13.5. The fraction of sp³-hybridized carbons (Fsp3) is 0.0189. The molecule has 0 saturated carbocycles. The minimum absolute atomic E-state index is 0.615. The molecule has 8 aromatic carbocycles. The Labute approximate surface area is 331 Å². The molecule has 10 aromatic rings. The first-order chi connectivity index (χ1) is 28.1. The molecular formula is C53H38N4. The van der Waals surface area contributed by atoms with Crippen molar-refractivity contribution in [2.24, 2.45) is 9.98 Å². The van der Waals surface area contributed by atoms with Crippen molar-refractivity contribution < 1.29 is 0 Å². The number of hydrogen-bond donors (Lipinski definition) is 0. The van der Waals surface area contributed by atoms with Crippen molar-refractivity contribution in [3.05, 3.63) is 223 Å². The summed E-state index contributed by atoms with van der Waals surface area (Å²) in [4.78, 5) is 10.1. The van der Waals surface area contributed by atoms with Crippen LogP contribution in [0.3, 0.4) is 0 Å². The van der Waals surface area contributed by atoms with Crippen molar-refractivity contribution in [3.63, 3.8) is 0 Å². The van der Waals surface area contributed by atoms with E-state index >= 15 is 0 Å². The molecule has 270 valence electrons. The van der Waals surface area contributed by atoms with Gasteiger partial charge in [0.05, 0.1) is 27.8 Å². The Hall–Kier alpha value is -7.56. The SMILES string of the molecule is C=C(N=C(N=C(C)c1ccccc1)c1ccc(-n2c3ccccc3c3ccc(-c4cccc5c4c4ccccc4n5-c4ccccc4)cc32)cc1)c1ccccc1. The fourth-order valence-corrected chi connectivity index (χ4v) is 8.17. The Balaban J connectivity index is 1.12. The van der Waals surface area contributed by atoms with Gasteiger partial charge in [-0.3, -0.25) is 0 Å². The molecule has 4 nitrogen and oxygen atoms in total. The fourth-order valence-electron chi connectivity index (χ4n) is 8.17. The highest BCUT2D eigenvalue weighted by molar-refractivity contribution is 6.17. The molecule has 0 amide bonds. The van der Waals surface area contributed by atoms with E-state index in [-0.39, 0.29) is 0 Å². The molecule has 10 rings (SSSR count). The first kappa shape index (κ1) is 34.0. The minimum atomic E-state index is 0.615. The number of amidine groups is 1. The molecule has 0 radical (unpaired) electrons. The molecule has 0 unspecified atom stereocenters. The van der Waals surface area contributed by atoms with Gasteiger partial charge in [0.15, 0.2) is 5.84 Å². The Morgan fingerprint density at radius 3 is 1.68 bits per heavy atom. The van der Waals surface area contributed by atoms with Crippen molar-refractivity contribution in [2.45, 2.75) is 6.92 Å². The molecule has 2 aromatic heterocycles. The van der Waals surface area contributed by atoms with Gasteiger partial charge in [-0.25, -0.2) is 9.98 Å². The highest BCUT2D eigenvalue weighted by Crippen LogP contribution is 2.41. The zero-order valence-corrected chi connectivity index (χ0v) is 31.5. The van der Waals surface area contributed by atoms with Crippen molar-refractivity contribution >= 4 is 60.9 Å². The maximum Gasteiger partial charge on any atom is 0.160 e. The van der Waals surface area contributed by atoms with E-state index in [0.29, 0.717) is 11.5 Å². The second-order valence-electron chi connectivity index (χ2n) is 14.3. The smallest absolute Gasteiger partial charge is 0.160 e. The third-order valence-electron chi connectivity index (χ3n) is 10.9. The highest BCUT2D eigenvalue weighted by atomic mass is 15.0. The van der Waals surface area contributed by atoms with Gasteiger partial charge in [-0.1, -0.05) is 146 Å². The van der Waals surface area contributed by atoms with Crippen LogP contribution < -0.4 is 0 Å². The summed E-state index contributed by atoms with van der Waals surface area (Å²) in [5.74, 6) is 0.615. The first-order valence-corrected chi connectivity index (χ1v) is 19.3. The number of benzene rings is 8. The summed E-state index contributed by atoms with van der Waals surface area (Å²) in [5.41, 5.74) is 13.7. The topological polar surface area (TPSA) is 34.6 Å². The van der Waals surface area contributed by atoms with Crippen LogP contribution in [-0.2, 0) is 0 Å². The molecule has 0 aliphatic rings. The lowest BCUT2D eigenvalue weighted by Gasteiger charge is -2.12. The van der Waals surface area contributed by atoms with E-state index in [0.717, 1.165) is 44.8 Å². The van der Waals surface area contributed by atoms with E-state index in [1.54, 1.807) is 0 Å². The zero-order valence-electron chi connectivity index (χ0n) is 31.5. The normalized spacial score (nSPS) is 12.2. The molecule has 0 bridgehead atoms. The molecule has 0 fully saturated rings. The first-order valence-electron chi connectivity index (χ1n) is 19.3. The maximum absolute atomic E-state index is 5.08. The largest absolute Gasteiger partial charge is 0.309 e. The molecule has 0 atom stereocenters. The summed E-state index contributed by atoms with van der Waals surface area (Å²) in [5, 5.41) is 4.91. The average molecular weight is 731 g/mol. The number of nitrogens with zero attached hydrogens (tertiary/aromatic N) is 4. The molecule has 0 aliphatic carbocycles. The van der Waals surface area contributed by atoms with Crippen LogP contribution in [0.5, 0.6) is 0 Å². The van der Waals surface area contributed by atoms with Crippen molar-refractivity contribution in [3.8, 4) is 22.5 Å². The van der Waals surface area contributed by atoms with Crippen LogP contribution in [0.25, 0.3) is 71.8 Å². The maximum atomic E-state index is 5.08. The van der Waals surface area contributed by atoms with E-state index in [9.17, 15) is 0 Å². The molecule has 2 heterocycles. The number of hydrogen-bond acceptors (Lipinski definition) is 1. The summed E-state index contributed by atoms with van der Waals surface area (Å²) >= 11 is 0. The Morgan fingerprint density at radius 2 is 0.965 bits per heavy atom. The van der Waals surface area contributed by atoms with Gasteiger partial charge in [0.1, 0.15) is 0 Å². The molecule has 0 aliphatic heterocycles. The summed E-state index contributed by atoms with van der Waals surface area (Å²) in [7, 11) is 0. The van der Waals surface area contributed by atoms with Gasteiger partial charge in [-0.2, -0.15) is 0 Å². The quantitative estimate of drug-likeness (QED) is 0.116. The zero-order chi connectivity index (χ0) is 38.3. The number of fused-ring (bicyclic) bond motifs is 6. The average Bonchev–Trinajstić information content (AvgIpc) is 3.80. The summed E-state index contributed by atoms with van der Waals surface area (Å²) in [6.07, 6.45) is 0. The second kappa shape index (κ2) is 14.3. The summed E-state index contributed by atoms with van der Waals surface area (Å²) in [6, 6.07) is 70.5. The number of aromatic nitrogens is 2. The van der Waals surface area contributed by atoms with Gasteiger partial charge in [-0.05, 0) is 89.8 Å². The van der Waals surface area contributed by atoms with Crippen LogP contribution in [0.1, 0.15) is 23.6 Å². The third-order valence-corrected chi connectivity index (χ3v) is 10.9. The van der Waals surface area contributed by atoms with E-state index in [1.807, 2.05) is 55.5 Å². The Morgan fingerprint density at radius 1 is 0.421 bits per heavy atom. The molecule has 0 spiro atoms. The summed E-state index contributed by atoms with van der Waals surface area (Å²) in [6.45, 7) is 6.35. The van der Waals surface area contributed by atoms with E-state index < -0.39 is 0 Å². The van der Waals surface area contributed by atoms with Crippen LogP contribution in [0, 0.1) is 0 Å². The van der Waals surface area contributed by atoms with Crippen LogP contribution in [0.15, 0.2) is 217 Å². The van der Waals surface area contributed by atoms with Crippen molar-refractivity contribution in [1.82, 2.24) is 9.13 Å². The van der Waals surface area contributed by atoms with E-state index in [1.165, 1.54) is 43.7 Å². The number of rotatable bonds is 7. The van der Waals surface area contributed by atoms with Gasteiger partial charge in [0, 0.05) is 44.2 Å². The molecule has 4 heteroatoms. The van der Waals surface area contributed by atoms with Gasteiger partial charge < -0.3 is 9.13 Å². The van der Waals surface area contributed by atoms with Crippen LogP contribution >= 0.6 is 0 Å². The number of para-hydroxylation sites is 3. The van der Waals surface area contributed by atoms with Crippen molar-refractivity contribution in [1.29, 1.82) is 0 Å². The standard InChI is InChI=1S/C53H38N4/c1-36(38-17-6-3-7-18-38)54-53(55-37(2)39-19-8-4-9-20-39)40-29-32-43(33-30-40)57-48-26-14-12-23-45(48)46-34-31-41(35-51(46)57)44-25-16-28-50-52(44)47-24-13-15-27-49(47)56(50)42-21-10-5-11-22-42/h3-35H,1H2,2H3. The molecule has 0 saturated heterocycles. The van der Waals surface area contributed by atoms with Gasteiger partial charge in [0.2, 0.25) is 0 Å². The van der Waals surface area contributed by atoms with Crippen LogP contribution in [-0.4, -0.2) is 20.7 Å². The van der Waals surface area contributed by atoms with Crippen molar-refractivity contribution in [2.75, 3.05) is 0 Å². The molecule has 57 heavy (non-hydrogen) atoms. The van der Waals surface area contributed by atoms with Gasteiger partial charge in [0.25, 0.3) is 0 Å². The van der Waals surface area contributed by atoms with E-state index in [4.69, 9.17) is 9.98 Å². The highest BCUT2D eigenvalue weighted by Gasteiger charge is 2.18. The third kappa shape index (κ3) is 6.05. The van der Waals surface area contributed by atoms with E-state index in [2.05, 4.69) is 167 Å². The lowest BCUT2D eigenvalue weighted by molar-refractivity contribution is 1.18. The molecular weight excluding hydrogens is 693 g/mol. The molecule has 0 N–H and O–H groups in total. The monoisotopic (exact) mass is 730 g/mol. The van der Waals surface area contributed by atoms with Gasteiger partial charge in [-0.15, -0.1) is 0 Å². The lowest BCUT2D eigenvalue weighted by Crippen LogP contribution is -2.05. The Kier molecular flexibility index (Phi) is 8.50. The van der Waals surface area contributed by atoms with Gasteiger partial charge >= 0.3 is 0 Å². The minimum Gasteiger partial charge on any atom is -0.309 e. The summed E-state index contributed by atoms with van der Waals surface area (Å²) < 4.78 is 4.76. The van der Waals surface area contributed by atoms with Crippen LogP contribution in [0.4, 0.5) is 0 Å². The predicted molar refractivity (Wildman–Crippen MR) is 241 cm³/mol. The lowest BCUT2D eigenvalue weighted by atomic mass is 9.98. The Bertz CT molecular complexity index is 3170. The second-order valence-corrected chi connectivity index (χ2v) is 14.3. The number of aliphatic imine (C=N–C) groups is 2.